The molecule has 20 heterocycles. The number of hydrogen-bond donors (Lipinski definition) is 4. The van der Waals surface area contributed by atoms with Crippen LogP contribution < -0.4 is 22.1 Å². The van der Waals surface area contributed by atoms with E-state index >= 15 is 0 Å². The molecule has 0 radical (unpaired) electrons. The van der Waals surface area contributed by atoms with Crippen LogP contribution in [0.25, 0.3) is 111 Å². The first-order chi connectivity index (χ1) is 64.3. The molecule has 0 bridgehead atoms. The number of pyridine rings is 11. The molecule has 0 unspecified atom stereocenters. The number of carbonyl (C=O) groups excluding carboxylic acids is 4. The van der Waals surface area contributed by atoms with Crippen LogP contribution in [0.2, 0.25) is 20.6 Å². The van der Waals surface area contributed by atoms with Crippen molar-refractivity contribution in [3.05, 3.63) is 153 Å². The Labute approximate surface area is 794 Å². The minimum atomic E-state index is -0.485. The Bertz CT molecular complexity index is 7000. The molecule has 7 aliphatic rings. The Kier molecular flexibility index (Phi) is 26.4. The van der Waals surface area contributed by atoms with Gasteiger partial charge in [0.1, 0.15) is 111 Å². The molecular formula is C97H111Cl4N27O6. The maximum absolute atomic E-state index is 12.5. The Balaban J connectivity index is 0.000000113. The molecule has 4 amide bonds. The van der Waals surface area contributed by atoms with Crippen molar-refractivity contribution < 1.29 is 28.7 Å². The van der Waals surface area contributed by atoms with Gasteiger partial charge in [-0.15, -0.1) is 0 Å². The number of nitrogens with zero attached hydrogens (tertiary/aromatic N) is 23. The van der Waals surface area contributed by atoms with Gasteiger partial charge in [-0.2, -0.15) is 0 Å². The average molecular weight is 1890 g/mol. The van der Waals surface area contributed by atoms with Gasteiger partial charge in [-0.05, 0) is 251 Å². The number of aromatic nitrogens is 19. The fraction of sp³-hybridized carbons (Fsp3) is 0.454. The molecule has 7 fully saturated rings. The number of hydrogen-bond acceptors (Lipinski definition) is 25. The topological polar surface area (TPSA) is 389 Å². The van der Waals surface area contributed by atoms with E-state index in [1.807, 2.05) is 135 Å². The smallest absolute Gasteiger partial charge is 0.410 e. The van der Waals surface area contributed by atoms with Crippen molar-refractivity contribution >= 4 is 187 Å². The van der Waals surface area contributed by atoms with Crippen LogP contribution in [0.15, 0.2) is 104 Å². The van der Waals surface area contributed by atoms with Gasteiger partial charge >= 0.3 is 12.2 Å². The van der Waals surface area contributed by atoms with Crippen LogP contribution in [0.1, 0.15) is 184 Å². The second kappa shape index (κ2) is 38.3. The summed E-state index contributed by atoms with van der Waals surface area (Å²) in [5.74, 6) is 5.66. The summed E-state index contributed by atoms with van der Waals surface area (Å²) in [6, 6.07) is 22.0. The number of rotatable bonds is 9. The molecule has 2 saturated carbocycles. The SMILES string of the molecule is CC(C)(C)OC(=O)N1CCC(Nc2c(N)cnc3ccc(Cl)nc23)CC1.Cc1cc(-c2ccc3ncc4nc(C)n(C5CCN(C(=O)C6CC6)CC5)c4c3n2)cnc1N.Cc1nc2cnc3ccc(Cl)nc3c2n1C1CCN(C(=O)C2CC2)CC1.Cc1nc2cnc3ccc(Cl)nc3c2n1C1CCN(C(=O)OC(C)(C)C)CC1.Cc1nc2cnc3ccc(Cl)nc3c2n1C1CCNCC1. The molecule has 15 aromatic rings. The summed E-state index contributed by atoms with van der Waals surface area (Å²) in [6.07, 6.45) is 23.6. The second-order valence-electron chi connectivity index (χ2n) is 37.9. The highest BCUT2D eigenvalue weighted by Crippen LogP contribution is 2.42. The highest BCUT2D eigenvalue weighted by Gasteiger charge is 2.39. The fourth-order valence-corrected chi connectivity index (χ4v) is 19.7. The second-order valence-corrected chi connectivity index (χ2v) is 39.4. The molecule has 6 N–H and O–H groups in total. The van der Waals surface area contributed by atoms with Gasteiger partial charge in [0, 0.05) is 106 Å². The van der Waals surface area contributed by atoms with Gasteiger partial charge in [0.25, 0.3) is 0 Å². The molecule has 5 saturated heterocycles. The number of nitrogens with two attached hydrogens (primary N) is 2. The zero-order valence-corrected chi connectivity index (χ0v) is 80.3. The average Bonchev–Trinajstić information content (AvgIpc) is 1.60. The van der Waals surface area contributed by atoms with Crippen molar-refractivity contribution in [3.8, 4) is 11.3 Å². The van der Waals surface area contributed by atoms with Gasteiger partial charge in [-0.25, -0.2) is 59.4 Å². The monoisotopic (exact) mass is 1890 g/mol. The first kappa shape index (κ1) is 92.3. The number of imidazole rings is 4. The van der Waals surface area contributed by atoms with Crippen LogP contribution in [0, 0.1) is 46.5 Å². The lowest BCUT2D eigenvalue weighted by Crippen LogP contribution is -2.44. The lowest BCUT2D eigenvalue weighted by Gasteiger charge is -2.34. The van der Waals surface area contributed by atoms with Crippen LogP contribution in [0.4, 0.5) is 26.8 Å². The lowest BCUT2D eigenvalue weighted by molar-refractivity contribution is -0.134. The first-order valence-corrected chi connectivity index (χ1v) is 47.8. The minimum Gasteiger partial charge on any atom is -0.444 e. The van der Waals surface area contributed by atoms with Crippen molar-refractivity contribution in [3.63, 3.8) is 0 Å². The summed E-state index contributed by atoms with van der Waals surface area (Å²) in [5, 5.41) is 8.66. The summed E-state index contributed by atoms with van der Waals surface area (Å²) in [5.41, 5.74) is 30.4. The lowest BCUT2D eigenvalue weighted by atomic mass is 10.0. The minimum absolute atomic E-state index is 0.183. The molecule has 15 aromatic heterocycles. The third-order valence-electron chi connectivity index (χ3n) is 26.0. The molecule has 0 spiro atoms. The van der Waals surface area contributed by atoms with E-state index in [2.05, 4.69) is 101 Å². The fourth-order valence-electron chi connectivity index (χ4n) is 19.1. The Hall–Kier alpha value is -12.2. The van der Waals surface area contributed by atoms with E-state index in [0.29, 0.717) is 93.6 Å². The highest BCUT2D eigenvalue weighted by molar-refractivity contribution is 6.31. The van der Waals surface area contributed by atoms with Crippen LogP contribution >= 0.6 is 46.4 Å². The van der Waals surface area contributed by atoms with Gasteiger partial charge in [-0.3, -0.25) is 34.5 Å². The molecule has 134 heavy (non-hydrogen) atoms. The highest BCUT2D eigenvalue weighted by atomic mass is 35.5. The number of halogens is 4. The van der Waals surface area contributed by atoms with Crippen LogP contribution in [0.5, 0.6) is 0 Å². The van der Waals surface area contributed by atoms with Crippen molar-refractivity contribution in [1.82, 2.24) is 118 Å². The zero-order chi connectivity index (χ0) is 93.9. The number of anilines is 3. The Morgan fingerprint density at radius 1 is 0.373 bits per heavy atom. The van der Waals surface area contributed by atoms with Gasteiger partial charge < -0.3 is 69.4 Å². The number of fused-ring (bicyclic) bond motifs is 13. The summed E-state index contributed by atoms with van der Waals surface area (Å²) in [4.78, 5) is 125. The maximum atomic E-state index is 12.5. The van der Waals surface area contributed by atoms with E-state index in [1.165, 1.54) is 0 Å². The molecule has 698 valence electrons. The van der Waals surface area contributed by atoms with Gasteiger partial charge in [0.2, 0.25) is 11.8 Å². The van der Waals surface area contributed by atoms with Crippen LogP contribution in [-0.4, -0.2) is 219 Å². The number of piperidine rings is 5. The number of ether oxygens (including phenoxy) is 2. The Morgan fingerprint density at radius 3 is 1.05 bits per heavy atom. The molecule has 5 aliphatic heterocycles. The van der Waals surface area contributed by atoms with Gasteiger partial charge in [0.15, 0.2) is 0 Å². The van der Waals surface area contributed by atoms with Crippen molar-refractivity contribution in [1.29, 1.82) is 0 Å². The molecule has 33 nitrogen and oxygen atoms in total. The standard InChI is InChI=1S/C25H27N7O.C20H24ClN5O2.C19H20ClN5O.C18H24ClN5O2.C15H16ClN5/c1-14-11-17(12-28-24(14)26)19-5-6-20-22(30-19)23-21(13-27-20)29-15(2)32(23)18-7-9-31(10-8-18)25(33)16-3-4-16;1-12-23-15-11-22-14-5-6-16(21)24-17(14)18(15)26(12)13-7-9-25(10-8-13)19(27)28-20(2,3)4;1-11-22-15-10-21-14-4-5-16(20)23-17(14)18(15)25(11)13-6-8-24(9-7-13)19(26)12-2-3-12;1-18(2,3)26-17(25)24-8-6-11(7-9-24)22-15-12(20)10-21-13-4-5-14(19)23-16(13)15;1-9-19-12-8-18-11-2-3-13(16)20-14(11)15(12)21(9)10-4-6-17-7-5-10/h5-6,11-13,16,18H,3-4,7-10H2,1-2H3,(H2,26,28);5-6,11,13H,7-10H2,1-4H3;4-5,10,12-13H,2-3,6-9H2,1H3;4-5,10-11H,6-9,20H2,1-3H3,(H,21,22);2-3,8,10,17H,4-7H2,1H3. The summed E-state index contributed by atoms with van der Waals surface area (Å²) < 4.78 is 20.1. The molecule has 0 atom stereocenters. The summed E-state index contributed by atoms with van der Waals surface area (Å²) in [7, 11) is 0. The molecule has 22 rings (SSSR count). The van der Waals surface area contributed by atoms with E-state index < -0.39 is 11.2 Å². The predicted octanol–water partition coefficient (Wildman–Crippen LogP) is 18.4. The van der Waals surface area contributed by atoms with Crippen LogP contribution in [-0.2, 0) is 19.1 Å². The van der Waals surface area contributed by atoms with E-state index in [1.54, 1.807) is 52.7 Å². The van der Waals surface area contributed by atoms with E-state index in [4.69, 9.17) is 82.3 Å². The van der Waals surface area contributed by atoms with Gasteiger partial charge in [-0.1, -0.05) is 46.4 Å². The normalized spacial score (nSPS) is 17.0. The quantitative estimate of drug-likeness (QED) is 0.0975. The predicted molar refractivity (Wildman–Crippen MR) is 523 cm³/mol. The van der Waals surface area contributed by atoms with Crippen molar-refractivity contribution in [2.45, 2.75) is 207 Å². The molecular weight excluding hydrogens is 1780 g/mol. The summed E-state index contributed by atoms with van der Waals surface area (Å²) in [6.45, 7) is 29.2. The van der Waals surface area contributed by atoms with E-state index in [-0.39, 0.29) is 36.2 Å². The number of nitrogens with one attached hydrogen (secondary N) is 2. The largest absolute Gasteiger partial charge is 0.444 e. The number of carbonyl (C=O) groups is 4. The van der Waals surface area contributed by atoms with Gasteiger partial charge in [0.05, 0.1) is 97.7 Å². The number of nitrogen functional groups attached to an aromatic ring is 2. The zero-order valence-electron chi connectivity index (χ0n) is 77.2. The summed E-state index contributed by atoms with van der Waals surface area (Å²) >= 11 is 24.4. The molecule has 2 aliphatic carbocycles. The molecule has 0 aromatic carbocycles. The first-order valence-electron chi connectivity index (χ1n) is 46.3. The third kappa shape index (κ3) is 20.0. The number of aryl methyl sites for hydroxylation is 5. The van der Waals surface area contributed by atoms with Crippen molar-refractivity contribution in [2.24, 2.45) is 11.8 Å². The number of likely N-dealkylation sites (tertiary alicyclic amines) is 4. The van der Waals surface area contributed by atoms with E-state index in [0.717, 1.165) is 269 Å². The maximum Gasteiger partial charge on any atom is 0.410 e. The van der Waals surface area contributed by atoms with Crippen molar-refractivity contribution in [2.75, 3.05) is 82.2 Å². The molecule has 37 heteroatoms. The number of amides is 4. The van der Waals surface area contributed by atoms with Crippen LogP contribution in [0.3, 0.4) is 0 Å². The van der Waals surface area contributed by atoms with E-state index in [9.17, 15) is 19.2 Å². The Morgan fingerprint density at radius 2 is 0.694 bits per heavy atom. The third-order valence-corrected chi connectivity index (χ3v) is 26.8.